The Balaban J connectivity index is 3.28. The molecule has 0 amide bonds. The van der Waals surface area contributed by atoms with Crippen LogP contribution in [0.5, 0.6) is 0 Å². The van der Waals surface area contributed by atoms with Crippen LogP contribution in [0.25, 0.3) is 0 Å². The third-order valence-corrected chi connectivity index (χ3v) is 3.74. The molecule has 0 unspecified atom stereocenters. The summed E-state index contributed by atoms with van der Waals surface area (Å²) < 4.78 is 0. The normalized spacial score (nSPS) is 11.4. The predicted molar refractivity (Wildman–Crippen MR) is 87.1 cm³/mol. The van der Waals surface area contributed by atoms with E-state index in [0.29, 0.717) is 17.8 Å². The fourth-order valence-electron chi connectivity index (χ4n) is 2.54. The fourth-order valence-corrected chi connectivity index (χ4v) is 2.54. The SMILES string of the molecule is CCc1nc(N)c(C)c(N(CC(C)C)C(CC)CC)n1. The van der Waals surface area contributed by atoms with Gasteiger partial charge in [-0.3, -0.25) is 0 Å². The van der Waals surface area contributed by atoms with Crippen LogP contribution in [0, 0.1) is 12.8 Å². The van der Waals surface area contributed by atoms with Crippen molar-refractivity contribution in [3.05, 3.63) is 11.4 Å². The van der Waals surface area contributed by atoms with Crippen molar-refractivity contribution in [2.75, 3.05) is 17.2 Å². The molecule has 2 N–H and O–H groups in total. The maximum atomic E-state index is 6.07. The third-order valence-electron chi connectivity index (χ3n) is 3.74. The predicted octanol–water partition coefficient (Wildman–Crippen LogP) is 3.58. The van der Waals surface area contributed by atoms with E-state index in [1.165, 1.54) is 0 Å². The third kappa shape index (κ3) is 3.84. The fraction of sp³-hybridized carbons (Fsp3) is 0.750. The van der Waals surface area contributed by atoms with Gasteiger partial charge in [0, 0.05) is 24.6 Å². The van der Waals surface area contributed by atoms with E-state index < -0.39 is 0 Å². The van der Waals surface area contributed by atoms with Gasteiger partial charge in [0.1, 0.15) is 17.5 Å². The van der Waals surface area contributed by atoms with Crippen molar-refractivity contribution < 1.29 is 0 Å². The summed E-state index contributed by atoms with van der Waals surface area (Å²) >= 11 is 0. The molecule has 0 saturated heterocycles. The summed E-state index contributed by atoms with van der Waals surface area (Å²) in [6, 6.07) is 0.509. The number of anilines is 2. The lowest BCUT2D eigenvalue weighted by atomic mass is 10.1. The zero-order chi connectivity index (χ0) is 15.3. The first kappa shape index (κ1) is 16.7. The number of hydrogen-bond acceptors (Lipinski definition) is 4. The van der Waals surface area contributed by atoms with Gasteiger partial charge in [0.05, 0.1) is 0 Å². The van der Waals surface area contributed by atoms with Crippen LogP contribution in [0.4, 0.5) is 11.6 Å². The average Bonchev–Trinajstić information content (AvgIpc) is 2.41. The van der Waals surface area contributed by atoms with Crippen molar-refractivity contribution in [3.63, 3.8) is 0 Å². The van der Waals surface area contributed by atoms with E-state index in [9.17, 15) is 0 Å². The van der Waals surface area contributed by atoms with Gasteiger partial charge in [0.25, 0.3) is 0 Å². The van der Waals surface area contributed by atoms with E-state index >= 15 is 0 Å². The van der Waals surface area contributed by atoms with Crippen molar-refractivity contribution in [2.45, 2.75) is 66.8 Å². The summed E-state index contributed by atoms with van der Waals surface area (Å²) in [6.07, 6.45) is 3.05. The summed E-state index contributed by atoms with van der Waals surface area (Å²) in [7, 11) is 0. The van der Waals surface area contributed by atoms with Gasteiger partial charge in [0.15, 0.2) is 0 Å². The molecule has 0 aliphatic rings. The van der Waals surface area contributed by atoms with Crippen LogP contribution in [-0.2, 0) is 6.42 Å². The lowest BCUT2D eigenvalue weighted by molar-refractivity contribution is 0.501. The topological polar surface area (TPSA) is 55.0 Å². The highest BCUT2D eigenvalue weighted by Gasteiger charge is 2.21. The van der Waals surface area contributed by atoms with Crippen LogP contribution < -0.4 is 10.6 Å². The summed E-state index contributed by atoms with van der Waals surface area (Å²) in [5, 5.41) is 0. The van der Waals surface area contributed by atoms with Gasteiger partial charge in [-0.1, -0.05) is 34.6 Å². The van der Waals surface area contributed by atoms with Gasteiger partial charge < -0.3 is 10.6 Å². The molecule has 1 aromatic rings. The van der Waals surface area contributed by atoms with Crippen LogP contribution in [-0.4, -0.2) is 22.6 Å². The van der Waals surface area contributed by atoms with E-state index in [-0.39, 0.29) is 0 Å². The molecule has 1 heterocycles. The zero-order valence-electron chi connectivity index (χ0n) is 13.9. The second kappa shape index (κ2) is 7.46. The van der Waals surface area contributed by atoms with Crippen LogP contribution in [0.2, 0.25) is 0 Å². The van der Waals surface area contributed by atoms with Crippen molar-refractivity contribution in [1.82, 2.24) is 9.97 Å². The Morgan fingerprint density at radius 2 is 1.70 bits per heavy atom. The van der Waals surface area contributed by atoms with Gasteiger partial charge in [-0.15, -0.1) is 0 Å². The van der Waals surface area contributed by atoms with E-state index in [2.05, 4.69) is 44.5 Å². The van der Waals surface area contributed by atoms with Gasteiger partial charge in [-0.25, -0.2) is 9.97 Å². The molecule has 0 atom stereocenters. The Morgan fingerprint density at radius 3 is 2.15 bits per heavy atom. The molecule has 20 heavy (non-hydrogen) atoms. The lowest BCUT2D eigenvalue weighted by Gasteiger charge is -2.34. The van der Waals surface area contributed by atoms with Crippen LogP contribution in [0.1, 0.15) is 58.8 Å². The molecule has 0 aliphatic heterocycles. The number of nitrogen functional groups attached to an aromatic ring is 1. The Labute approximate surface area is 123 Å². The summed E-state index contributed by atoms with van der Waals surface area (Å²) in [4.78, 5) is 11.5. The molecule has 4 nitrogen and oxygen atoms in total. The minimum absolute atomic E-state index is 0.509. The monoisotopic (exact) mass is 278 g/mol. The van der Waals surface area contributed by atoms with Crippen LogP contribution in [0.15, 0.2) is 0 Å². The molecule has 114 valence electrons. The Hall–Kier alpha value is -1.32. The summed E-state index contributed by atoms with van der Waals surface area (Å²) in [5.41, 5.74) is 7.08. The first-order chi connectivity index (χ1) is 9.44. The molecule has 1 rings (SSSR count). The molecule has 0 spiro atoms. The number of hydrogen-bond donors (Lipinski definition) is 1. The number of nitrogens with two attached hydrogens (primary N) is 1. The maximum Gasteiger partial charge on any atom is 0.137 e. The van der Waals surface area contributed by atoms with E-state index in [0.717, 1.165) is 43.0 Å². The van der Waals surface area contributed by atoms with Crippen molar-refractivity contribution in [1.29, 1.82) is 0 Å². The standard InChI is InChI=1S/C16H30N4/c1-7-13(8-2)20(10-11(4)5)16-12(6)15(17)18-14(9-3)19-16/h11,13H,7-10H2,1-6H3,(H2,17,18,19). The minimum atomic E-state index is 0.509. The largest absolute Gasteiger partial charge is 0.383 e. The smallest absolute Gasteiger partial charge is 0.137 e. The molecular weight excluding hydrogens is 248 g/mol. The number of aromatic nitrogens is 2. The molecule has 4 heteroatoms. The molecule has 1 aromatic heterocycles. The molecular formula is C16H30N4. The molecule has 0 bridgehead atoms. The maximum absolute atomic E-state index is 6.07. The van der Waals surface area contributed by atoms with Crippen molar-refractivity contribution >= 4 is 11.6 Å². The lowest BCUT2D eigenvalue weighted by Crippen LogP contribution is -2.38. The van der Waals surface area contributed by atoms with Gasteiger partial charge >= 0.3 is 0 Å². The first-order valence-corrected chi connectivity index (χ1v) is 7.84. The van der Waals surface area contributed by atoms with Gasteiger partial charge in [0.2, 0.25) is 0 Å². The number of aryl methyl sites for hydroxylation is 1. The molecule has 0 radical (unpaired) electrons. The summed E-state index contributed by atoms with van der Waals surface area (Å²) in [5.74, 6) is 3.07. The molecule has 0 aromatic carbocycles. The second-order valence-corrected chi connectivity index (χ2v) is 5.84. The average molecular weight is 278 g/mol. The van der Waals surface area contributed by atoms with Crippen LogP contribution >= 0.6 is 0 Å². The quantitative estimate of drug-likeness (QED) is 0.828. The molecule has 0 fully saturated rings. The van der Waals surface area contributed by atoms with Crippen molar-refractivity contribution in [2.24, 2.45) is 5.92 Å². The number of nitrogens with zero attached hydrogens (tertiary/aromatic N) is 3. The van der Waals surface area contributed by atoms with E-state index in [1.807, 2.05) is 6.92 Å². The van der Waals surface area contributed by atoms with E-state index in [4.69, 9.17) is 10.7 Å². The summed E-state index contributed by atoms with van der Waals surface area (Å²) in [6.45, 7) is 14.1. The highest BCUT2D eigenvalue weighted by molar-refractivity contribution is 5.57. The Morgan fingerprint density at radius 1 is 1.10 bits per heavy atom. The van der Waals surface area contributed by atoms with E-state index in [1.54, 1.807) is 0 Å². The highest BCUT2D eigenvalue weighted by atomic mass is 15.2. The van der Waals surface area contributed by atoms with Crippen LogP contribution in [0.3, 0.4) is 0 Å². The van der Waals surface area contributed by atoms with Gasteiger partial charge in [-0.2, -0.15) is 0 Å². The van der Waals surface area contributed by atoms with Gasteiger partial charge in [-0.05, 0) is 25.7 Å². The second-order valence-electron chi connectivity index (χ2n) is 5.84. The first-order valence-electron chi connectivity index (χ1n) is 7.84. The Bertz CT molecular complexity index is 425. The highest BCUT2D eigenvalue weighted by Crippen LogP contribution is 2.26. The van der Waals surface area contributed by atoms with Crippen molar-refractivity contribution in [3.8, 4) is 0 Å². The molecule has 0 saturated carbocycles. The Kier molecular flexibility index (Phi) is 6.24. The minimum Gasteiger partial charge on any atom is -0.383 e. The number of rotatable bonds is 7. The molecule has 0 aliphatic carbocycles. The zero-order valence-corrected chi connectivity index (χ0v) is 13.9.